The highest BCUT2D eigenvalue weighted by atomic mass is 32.2. The largest absolute Gasteiger partial charge is 0.322 e. The first-order valence-electron chi connectivity index (χ1n) is 6.63. The van der Waals surface area contributed by atoms with Crippen molar-refractivity contribution in [3.63, 3.8) is 0 Å². The number of para-hydroxylation sites is 1. The second-order valence-corrected chi connectivity index (χ2v) is 6.00. The van der Waals surface area contributed by atoms with Crippen LogP contribution in [-0.4, -0.2) is 21.3 Å². The molecule has 0 heterocycles. The molecule has 1 atom stereocenters. The molecule has 1 unspecified atom stereocenters. The summed E-state index contributed by atoms with van der Waals surface area (Å²) in [5.74, 6) is -0.429. The molecule has 0 aliphatic rings. The van der Waals surface area contributed by atoms with Crippen molar-refractivity contribution in [2.45, 2.75) is 4.90 Å². The van der Waals surface area contributed by atoms with Crippen LogP contribution in [0.3, 0.4) is 0 Å². The SMILES string of the molecule is CS(=O)c1cccc(NC(=O)C=Cc2ccccc2[N+](=O)[O-])c1. The lowest BCUT2D eigenvalue weighted by Gasteiger charge is -2.04. The summed E-state index contributed by atoms with van der Waals surface area (Å²) in [4.78, 5) is 22.9. The van der Waals surface area contributed by atoms with Crippen LogP contribution < -0.4 is 5.32 Å². The highest BCUT2D eigenvalue weighted by molar-refractivity contribution is 7.84. The van der Waals surface area contributed by atoms with E-state index in [1.165, 1.54) is 18.2 Å². The number of carbonyl (C=O) groups excluding carboxylic acids is 1. The molecule has 0 aliphatic heterocycles. The van der Waals surface area contributed by atoms with Gasteiger partial charge in [-0.2, -0.15) is 0 Å². The summed E-state index contributed by atoms with van der Waals surface area (Å²) < 4.78 is 11.4. The van der Waals surface area contributed by atoms with E-state index in [4.69, 9.17) is 0 Å². The molecule has 1 amide bonds. The van der Waals surface area contributed by atoms with Crippen LogP contribution in [0.4, 0.5) is 11.4 Å². The molecule has 118 valence electrons. The molecule has 7 heteroatoms. The number of hydrogen-bond acceptors (Lipinski definition) is 4. The highest BCUT2D eigenvalue weighted by Gasteiger charge is 2.09. The molecule has 2 aromatic rings. The van der Waals surface area contributed by atoms with Gasteiger partial charge in [-0.15, -0.1) is 0 Å². The van der Waals surface area contributed by atoms with E-state index in [9.17, 15) is 19.1 Å². The van der Waals surface area contributed by atoms with Crippen molar-refractivity contribution < 1.29 is 13.9 Å². The molecule has 2 rings (SSSR count). The fraction of sp³-hybridized carbons (Fsp3) is 0.0625. The van der Waals surface area contributed by atoms with Crippen LogP contribution in [-0.2, 0) is 15.6 Å². The van der Waals surface area contributed by atoms with Gasteiger partial charge in [0.1, 0.15) is 0 Å². The van der Waals surface area contributed by atoms with Gasteiger partial charge in [0, 0.05) is 39.8 Å². The number of benzene rings is 2. The van der Waals surface area contributed by atoms with Crippen LogP contribution in [0.15, 0.2) is 59.5 Å². The van der Waals surface area contributed by atoms with E-state index in [1.54, 1.807) is 48.7 Å². The third kappa shape index (κ3) is 4.58. The van der Waals surface area contributed by atoms with E-state index in [2.05, 4.69) is 5.32 Å². The number of carbonyl (C=O) groups is 1. The molecule has 0 aliphatic carbocycles. The van der Waals surface area contributed by atoms with Gasteiger partial charge in [0.25, 0.3) is 5.69 Å². The fourth-order valence-corrected chi connectivity index (χ4v) is 2.46. The minimum Gasteiger partial charge on any atom is -0.322 e. The van der Waals surface area contributed by atoms with Crippen molar-refractivity contribution in [2.24, 2.45) is 0 Å². The lowest BCUT2D eigenvalue weighted by Crippen LogP contribution is -2.08. The summed E-state index contributed by atoms with van der Waals surface area (Å²) in [6.45, 7) is 0. The number of nitro groups is 1. The third-order valence-corrected chi connectivity index (χ3v) is 3.90. The lowest BCUT2D eigenvalue weighted by atomic mass is 10.1. The number of nitrogens with zero attached hydrogens (tertiary/aromatic N) is 1. The molecule has 0 fully saturated rings. The standard InChI is InChI=1S/C16H14N2O4S/c1-23(22)14-7-4-6-13(11-14)17-16(19)10-9-12-5-2-3-8-15(12)18(20)21/h2-11H,1H3,(H,17,19). The van der Waals surface area contributed by atoms with Gasteiger partial charge in [-0.3, -0.25) is 19.1 Å². The summed E-state index contributed by atoms with van der Waals surface area (Å²) in [7, 11) is -1.14. The molecule has 0 bridgehead atoms. The summed E-state index contributed by atoms with van der Waals surface area (Å²) in [6.07, 6.45) is 4.16. The number of nitro benzene ring substituents is 1. The zero-order chi connectivity index (χ0) is 16.8. The van der Waals surface area contributed by atoms with Crippen molar-refractivity contribution in [3.8, 4) is 0 Å². The first-order chi connectivity index (χ1) is 11.0. The predicted molar refractivity (Wildman–Crippen MR) is 89.5 cm³/mol. The van der Waals surface area contributed by atoms with Gasteiger partial charge in [0.2, 0.25) is 5.91 Å². The average Bonchev–Trinajstić information content (AvgIpc) is 2.53. The Morgan fingerprint density at radius 2 is 1.96 bits per heavy atom. The van der Waals surface area contributed by atoms with Gasteiger partial charge in [-0.1, -0.05) is 18.2 Å². The average molecular weight is 330 g/mol. The Morgan fingerprint density at radius 1 is 1.22 bits per heavy atom. The summed E-state index contributed by atoms with van der Waals surface area (Å²) in [6, 6.07) is 12.8. The van der Waals surface area contributed by atoms with Gasteiger partial charge in [-0.05, 0) is 30.3 Å². The van der Waals surface area contributed by atoms with Crippen LogP contribution in [0, 0.1) is 10.1 Å². The molecule has 0 saturated heterocycles. The fourth-order valence-electron chi connectivity index (χ4n) is 1.90. The number of nitrogens with one attached hydrogen (secondary N) is 1. The molecule has 0 saturated carbocycles. The zero-order valence-corrected chi connectivity index (χ0v) is 13.1. The van der Waals surface area contributed by atoms with Gasteiger partial charge < -0.3 is 5.32 Å². The van der Waals surface area contributed by atoms with E-state index in [1.807, 2.05) is 0 Å². The Morgan fingerprint density at radius 3 is 2.65 bits per heavy atom. The van der Waals surface area contributed by atoms with Crippen LogP contribution in [0.5, 0.6) is 0 Å². The Bertz CT molecular complexity index is 802. The quantitative estimate of drug-likeness (QED) is 0.518. The van der Waals surface area contributed by atoms with Crippen LogP contribution in [0.2, 0.25) is 0 Å². The predicted octanol–water partition coefficient (Wildman–Crippen LogP) is 2.98. The van der Waals surface area contributed by atoms with Gasteiger partial charge in [0.05, 0.1) is 10.5 Å². The van der Waals surface area contributed by atoms with Crippen LogP contribution in [0.1, 0.15) is 5.56 Å². The Kier molecular flexibility index (Phi) is 5.37. The van der Waals surface area contributed by atoms with Crippen molar-refractivity contribution in [2.75, 3.05) is 11.6 Å². The molecule has 2 aromatic carbocycles. The highest BCUT2D eigenvalue weighted by Crippen LogP contribution is 2.19. The Labute approximate surface area is 135 Å². The topological polar surface area (TPSA) is 89.3 Å². The van der Waals surface area contributed by atoms with Crippen LogP contribution in [0.25, 0.3) is 6.08 Å². The molecule has 0 aromatic heterocycles. The molecule has 23 heavy (non-hydrogen) atoms. The summed E-state index contributed by atoms with van der Waals surface area (Å²) in [5.41, 5.74) is 0.783. The maximum absolute atomic E-state index is 11.9. The molecule has 0 radical (unpaired) electrons. The van der Waals surface area contributed by atoms with E-state index in [0.29, 0.717) is 16.1 Å². The maximum Gasteiger partial charge on any atom is 0.276 e. The number of amides is 1. The summed E-state index contributed by atoms with van der Waals surface area (Å²) in [5, 5.41) is 13.5. The number of hydrogen-bond donors (Lipinski definition) is 1. The van der Waals surface area contributed by atoms with Crippen molar-refractivity contribution in [3.05, 3.63) is 70.3 Å². The molecular formula is C16H14N2O4S. The number of anilines is 1. The minimum atomic E-state index is -1.14. The smallest absolute Gasteiger partial charge is 0.276 e. The molecular weight excluding hydrogens is 316 g/mol. The summed E-state index contributed by atoms with van der Waals surface area (Å²) >= 11 is 0. The molecule has 1 N–H and O–H groups in total. The van der Waals surface area contributed by atoms with E-state index >= 15 is 0 Å². The van der Waals surface area contributed by atoms with Crippen LogP contribution >= 0.6 is 0 Å². The Balaban J connectivity index is 2.12. The lowest BCUT2D eigenvalue weighted by molar-refractivity contribution is -0.385. The zero-order valence-electron chi connectivity index (χ0n) is 12.3. The van der Waals surface area contributed by atoms with Crippen molar-refractivity contribution in [1.82, 2.24) is 0 Å². The van der Waals surface area contributed by atoms with Crippen molar-refractivity contribution >= 4 is 34.2 Å². The van der Waals surface area contributed by atoms with E-state index in [0.717, 1.165) is 0 Å². The molecule has 0 spiro atoms. The monoisotopic (exact) mass is 330 g/mol. The van der Waals surface area contributed by atoms with Gasteiger partial charge in [0.15, 0.2) is 0 Å². The van der Waals surface area contributed by atoms with E-state index < -0.39 is 21.6 Å². The van der Waals surface area contributed by atoms with Gasteiger partial charge >= 0.3 is 0 Å². The minimum absolute atomic E-state index is 0.0695. The van der Waals surface area contributed by atoms with Gasteiger partial charge in [-0.25, -0.2) is 0 Å². The first kappa shape index (κ1) is 16.6. The normalized spacial score (nSPS) is 12.0. The third-order valence-electron chi connectivity index (χ3n) is 2.98. The van der Waals surface area contributed by atoms with Crippen molar-refractivity contribution in [1.29, 1.82) is 0 Å². The molecule has 6 nitrogen and oxygen atoms in total. The first-order valence-corrected chi connectivity index (χ1v) is 8.19. The van der Waals surface area contributed by atoms with E-state index in [-0.39, 0.29) is 5.69 Å². The maximum atomic E-state index is 11.9. The second kappa shape index (κ2) is 7.46. The second-order valence-electron chi connectivity index (χ2n) is 4.62. The Hall–Kier alpha value is -2.80. The number of rotatable bonds is 5.